The zero-order valence-corrected chi connectivity index (χ0v) is 16.3. The van der Waals surface area contributed by atoms with Crippen molar-refractivity contribution in [3.8, 4) is 11.5 Å². The number of allylic oxidation sites excluding steroid dienone is 1. The monoisotopic (exact) mass is 382 g/mol. The van der Waals surface area contributed by atoms with Gasteiger partial charge in [0.15, 0.2) is 18.1 Å². The van der Waals surface area contributed by atoms with E-state index in [0.717, 1.165) is 23.2 Å². The fourth-order valence-corrected chi connectivity index (χ4v) is 2.64. The van der Waals surface area contributed by atoms with Gasteiger partial charge in [0.05, 0.1) is 13.7 Å². The lowest BCUT2D eigenvalue weighted by Crippen LogP contribution is -2.35. The highest BCUT2D eigenvalue weighted by Crippen LogP contribution is 2.28. The summed E-state index contributed by atoms with van der Waals surface area (Å²) in [6.07, 6.45) is 3.32. The molecule has 0 heterocycles. The third kappa shape index (κ3) is 6.16. The quantitative estimate of drug-likeness (QED) is 0.619. The topological polar surface area (TPSA) is 76.7 Å². The highest BCUT2D eigenvalue weighted by atomic mass is 16.5. The number of rotatable bonds is 10. The number of aryl methyl sites for hydroxylation is 1. The van der Waals surface area contributed by atoms with Crippen molar-refractivity contribution in [1.29, 1.82) is 0 Å². The van der Waals surface area contributed by atoms with Crippen molar-refractivity contribution < 1.29 is 19.1 Å². The molecule has 2 aromatic carbocycles. The summed E-state index contributed by atoms with van der Waals surface area (Å²) in [4.78, 5) is 24.1. The minimum absolute atomic E-state index is 0.129. The molecule has 0 spiro atoms. The molecule has 0 aliphatic carbocycles. The second-order valence-electron chi connectivity index (χ2n) is 6.10. The third-order valence-corrected chi connectivity index (χ3v) is 4.09. The molecule has 2 N–H and O–H groups in total. The van der Waals surface area contributed by atoms with Gasteiger partial charge in [-0.15, -0.1) is 6.58 Å². The molecule has 2 rings (SSSR count). The van der Waals surface area contributed by atoms with Crippen LogP contribution in [0.15, 0.2) is 55.1 Å². The predicted molar refractivity (Wildman–Crippen MR) is 110 cm³/mol. The summed E-state index contributed by atoms with van der Waals surface area (Å²) < 4.78 is 10.8. The van der Waals surface area contributed by atoms with Crippen molar-refractivity contribution >= 4 is 17.5 Å². The van der Waals surface area contributed by atoms with Crippen LogP contribution in [0.2, 0.25) is 0 Å². The lowest BCUT2D eigenvalue weighted by Gasteiger charge is -2.12. The fraction of sp³-hybridized carbons (Fsp3) is 0.273. The summed E-state index contributed by atoms with van der Waals surface area (Å²) >= 11 is 0. The molecular weight excluding hydrogens is 356 g/mol. The fourth-order valence-electron chi connectivity index (χ4n) is 2.64. The number of amides is 2. The van der Waals surface area contributed by atoms with E-state index in [1.165, 1.54) is 0 Å². The van der Waals surface area contributed by atoms with E-state index in [0.29, 0.717) is 17.9 Å². The molecule has 28 heavy (non-hydrogen) atoms. The van der Waals surface area contributed by atoms with Crippen molar-refractivity contribution in [3.63, 3.8) is 0 Å². The molecule has 2 aromatic rings. The average molecular weight is 382 g/mol. The van der Waals surface area contributed by atoms with Crippen LogP contribution in [-0.2, 0) is 22.4 Å². The number of carbonyl (C=O) groups is 2. The van der Waals surface area contributed by atoms with E-state index in [2.05, 4.69) is 17.2 Å². The Kier molecular flexibility index (Phi) is 8.09. The van der Waals surface area contributed by atoms with Crippen molar-refractivity contribution in [2.75, 3.05) is 25.6 Å². The summed E-state index contributed by atoms with van der Waals surface area (Å²) in [5.74, 6) is 0.324. The molecule has 0 aromatic heterocycles. The Balaban J connectivity index is 1.82. The van der Waals surface area contributed by atoms with Crippen LogP contribution in [-0.4, -0.2) is 32.1 Å². The Labute approximate surface area is 165 Å². The molecule has 6 nitrogen and oxygen atoms in total. The Morgan fingerprint density at radius 3 is 2.61 bits per heavy atom. The van der Waals surface area contributed by atoms with Crippen LogP contribution in [0.25, 0.3) is 0 Å². The van der Waals surface area contributed by atoms with E-state index >= 15 is 0 Å². The second-order valence-corrected chi connectivity index (χ2v) is 6.10. The first-order valence-electron chi connectivity index (χ1n) is 9.12. The largest absolute Gasteiger partial charge is 0.493 e. The summed E-state index contributed by atoms with van der Waals surface area (Å²) in [5, 5.41) is 5.35. The van der Waals surface area contributed by atoms with Crippen molar-refractivity contribution in [2.24, 2.45) is 0 Å². The second kappa shape index (κ2) is 10.8. The number of nitrogens with one attached hydrogen (secondary N) is 2. The Morgan fingerprint density at radius 2 is 1.89 bits per heavy atom. The maximum atomic E-state index is 12.1. The van der Waals surface area contributed by atoms with Gasteiger partial charge in [0.2, 0.25) is 5.91 Å². The molecule has 148 valence electrons. The van der Waals surface area contributed by atoms with E-state index in [9.17, 15) is 9.59 Å². The van der Waals surface area contributed by atoms with Crippen molar-refractivity contribution in [3.05, 3.63) is 66.2 Å². The molecular formula is C22H26N2O4. The molecule has 0 atom stereocenters. The van der Waals surface area contributed by atoms with Gasteiger partial charge >= 0.3 is 0 Å². The molecule has 0 fully saturated rings. The first-order chi connectivity index (χ1) is 13.6. The number of ether oxygens (including phenoxy) is 2. The Hall–Kier alpha value is -3.28. The lowest BCUT2D eigenvalue weighted by atomic mass is 10.1. The molecule has 0 radical (unpaired) electrons. The smallest absolute Gasteiger partial charge is 0.258 e. The number of hydrogen-bond donors (Lipinski definition) is 2. The standard InChI is InChI=1S/C22H26N2O4/c1-4-8-16-11-12-19(20(13-16)27-3)28-15-22(26)23-14-21(25)24-18-10-7-6-9-17(18)5-2/h4,6-7,9-13H,1,5,8,14-15H2,2-3H3,(H,23,26)(H,24,25). The minimum atomic E-state index is -0.392. The van der Waals surface area contributed by atoms with Crippen LogP contribution in [0.1, 0.15) is 18.1 Å². The Morgan fingerprint density at radius 1 is 1.11 bits per heavy atom. The van der Waals surface area contributed by atoms with Gasteiger partial charge in [-0.25, -0.2) is 0 Å². The number of methoxy groups -OCH3 is 1. The number of anilines is 1. The van der Waals surface area contributed by atoms with Gasteiger partial charge in [0.25, 0.3) is 5.91 Å². The summed E-state index contributed by atoms with van der Waals surface area (Å²) in [7, 11) is 1.54. The summed E-state index contributed by atoms with van der Waals surface area (Å²) in [5.41, 5.74) is 2.83. The van der Waals surface area contributed by atoms with Crippen LogP contribution in [0, 0.1) is 0 Å². The van der Waals surface area contributed by atoms with E-state index in [-0.39, 0.29) is 19.1 Å². The third-order valence-electron chi connectivity index (χ3n) is 4.09. The van der Waals surface area contributed by atoms with E-state index in [1.807, 2.05) is 43.3 Å². The number of para-hydroxylation sites is 1. The van der Waals surface area contributed by atoms with Gasteiger partial charge in [-0.3, -0.25) is 9.59 Å². The van der Waals surface area contributed by atoms with Crippen LogP contribution in [0.5, 0.6) is 11.5 Å². The van der Waals surface area contributed by atoms with Crippen LogP contribution < -0.4 is 20.1 Å². The maximum absolute atomic E-state index is 12.1. The van der Waals surface area contributed by atoms with Crippen LogP contribution >= 0.6 is 0 Å². The number of benzene rings is 2. The molecule has 0 saturated carbocycles. The average Bonchev–Trinajstić information content (AvgIpc) is 2.71. The van der Waals surface area contributed by atoms with Crippen molar-refractivity contribution in [2.45, 2.75) is 19.8 Å². The maximum Gasteiger partial charge on any atom is 0.258 e. The summed E-state index contributed by atoms with van der Waals surface area (Å²) in [6.45, 7) is 5.38. The van der Waals surface area contributed by atoms with Gasteiger partial charge in [0.1, 0.15) is 0 Å². The molecule has 0 bridgehead atoms. The van der Waals surface area contributed by atoms with Gasteiger partial charge < -0.3 is 20.1 Å². The Bertz CT molecular complexity index is 833. The van der Waals surface area contributed by atoms with Gasteiger partial charge in [0, 0.05) is 5.69 Å². The zero-order valence-electron chi connectivity index (χ0n) is 16.3. The van der Waals surface area contributed by atoms with E-state index < -0.39 is 5.91 Å². The molecule has 2 amide bonds. The molecule has 0 saturated heterocycles. The molecule has 0 aliphatic rings. The lowest BCUT2D eigenvalue weighted by molar-refractivity contribution is -0.125. The minimum Gasteiger partial charge on any atom is -0.493 e. The van der Waals surface area contributed by atoms with Crippen LogP contribution in [0.3, 0.4) is 0 Å². The number of carbonyl (C=O) groups excluding carboxylic acids is 2. The highest BCUT2D eigenvalue weighted by Gasteiger charge is 2.11. The van der Waals surface area contributed by atoms with Crippen LogP contribution in [0.4, 0.5) is 5.69 Å². The van der Waals surface area contributed by atoms with Gasteiger partial charge in [-0.05, 0) is 42.2 Å². The zero-order chi connectivity index (χ0) is 20.4. The highest BCUT2D eigenvalue weighted by molar-refractivity contribution is 5.95. The predicted octanol–water partition coefficient (Wildman–Crippen LogP) is 3.12. The SMILES string of the molecule is C=CCc1ccc(OCC(=O)NCC(=O)Nc2ccccc2CC)c(OC)c1. The first kappa shape index (κ1) is 21.0. The number of hydrogen-bond acceptors (Lipinski definition) is 4. The van der Waals surface area contributed by atoms with E-state index in [4.69, 9.17) is 9.47 Å². The van der Waals surface area contributed by atoms with Gasteiger partial charge in [-0.2, -0.15) is 0 Å². The first-order valence-corrected chi connectivity index (χ1v) is 9.12. The van der Waals surface area contributed by atoms with Gasteiger partial charge in [-0.1, -0.05) is 37.3 Å². The normalized spacial score (nSPS) is 10.1. The molecule has 6 heteroatoms. The summed E-state index contributed by atoms with van der Waals surface area (Å²) in [6, 6.07) is 13.0. The molecule has 0 aliphatic heterocycles. The van der Waals surface area contributed by atoms with E-state index in [1.54, 1.807) is 19.3 Å². The van der Waals surface area contributed by atoms with Crippen molar-refractivity contribution in [1.82, 2.24) is 5.32 Å². The molecule has 0 unspecified atom stereocenters.